The molecule has 0 bridgehead atoms. The number of rotatable bonds is 5. The lowest BCUT2D eigenvalue weighted by Crippen LogP contribution is -2.48. The molecule has 0 aromatic carbocycles. The third-order valence-corrected chi connectivity index (χ3v) is 1.99. The second-order valence-corrected chi connectivity index (χ2v) is 4.30. The Morgan fingerprint density at radius 3 is 2.06 bits per heavy atom. The Bertz CT molecular complexity index is 257. The van der Waals surface area contributed by atoms with Crippen LogP contribution in [0.1, 0.15) is 27.2 Å². The van der Waals surface area contributed by atoms with Gasteiger partial charge in [-0.2, -0.15) is 0 Å². The summed E-state index contributed by atoms with van der Waals surface area (Å²) in [6, 6.07) is 0. The third kappa shape index (κ3) is 9.71. The Kier molecular flexibility index (Phi) is 9.51. The van der Waals surface area contributed by atoms with Gasteiger partial charge in [0.15, 0.2) is 5.78 Å². The summed E-state index contributed by atoms with van der Waals surface area (Å²) in [4.78, 5) is 23.6. The van der Waals surface area contributed by atoms with E-state index in [4.69, 9.17) is 11.5 Å². The van der Waals surface area contributed by atoms with Crippen molar-refractivity contribution in [1.29, 1.82) is 0 Å². The average Bonchev–Trinajstić information content (AvgIpc) is 2.26. The van der Waals surface area contributed by atoms with Crippen molar-refractivity contribution in [3.63, 3.8) is 0 Å². The molecule has 0 aromatic heterocycles. The average molecular weight is 243 g/mol. The van der Waals surface area contributed by atoms with E-state index >= 15 is 0 Å². The van der Waals surface area contributed by atoms with Gasteiger partial charge in [-0.3, -0.25) is 9.59 Å². The summed E-state index contributed by atoms with van der Waals surface area (Å²) < 4.78 is 0. The largest absolute Gasteiger partial charge is 0.337 e. The molecule has 5 nitrogen and oxygen atoms in total. The first-order valence-electron chi connectivity index (χ1n) is 5.57. The summed E-state index contributed by atoms with van der Waals surface area (Å²) >= 11 is 0. The van der Waals surface area contributed by atoms with Crippen LogP contribution < -0.4 is 11.5 Å². The van der Waals surface area contributed by atoms with E-state index in [2.05, 4.69) is 13.5 Å². The second kappa shape index (κ2) is 8.90. The van der Waals surface area contributed by atoms with Crippen LogP contribution in [0.2, 0.25) is 0 Å². The molecule has 4 N–H and O–H groups in total. The highest BCUT2D eigenvalue weighted by Gasteiger charge is 2.23. The highest BCUT2D eigenvalue weighted by atomic mass is 16.2. The van der Waals surface area contributed by atoms with Crippen molar-refractivity contribution >= 4 is 11.7 Å². The number of amides is 1. The molecule has 0 atom stereocenters. The van der Waals surface area contributed by atoms with Crippen molar-refractivity contribution in [2.75, 3.05) is 20.1 Å². The molecular weight excluding hydrogens is 218 g/mol. The molecule has 0 saturated heterocycles. The number of Topliss-reactive ketones (excluding diaryl/α,β-unsaturated/α-hetero) is 1. The quantitative estimate of drug-likeness (QED) is 0.679. The second-order valence-electron chi connectivity index (χ2n) is 4.30. The third-order valence-electron chi connectivity index (χ3n) is 1.99. The minimum Gasteiger partial charge on any atom is -0.337 e. The monoisotopic (exact) mass is 243 g/mol. The number of carbonyl (C=O) groups excluding carboxylic acids is 2. The number of carbonyl (C=O) groups is 2. The highest BCUT2D eigenvalue weighted by Crippen LogP contribution is 1.99. The number of likely N-dealkylation sites (N-methyl/N-ethyl adjacent to an activating group) is 1. The van der Waals surface area contributed by atoms with Gasteiger partial charge in [-0.1, -0.05) is 13.0 Å². The molecule has 0 heterocycles. The standard InChI is InChI=1S/C8H17N3O2.C4H8/c1-8(2,10)6(12)5-11(3)7(13)4-9;1-3-4-2/h4-5,9-10H2,1-3H3;3H,1,4H2,2H3. The Morgan fingerprint density at radius 2 is 1.82 bits per heavy atom. The first-order valence-corrected chi connectivity index (χ1v) is 5.57. The molecule has 100 valence electrons. The molecule has 0 rings (SSSR count). The molecule has 0 fully saturated rings. The molecule has 0 aliphatic carbocycles. The normalized spacial score (nSPS) is 10.0. The zero-order chi connectivity index (χ0) is 14.1. The molecule has 0 radical (unpaired) electrons. The fraction of sp³-hybridized carbons (Fsp3) is 0.667. The fourth-order valence-corrected chi connectivity index (χ4v) is 0.663. The predicted octanol–water partition coefficient (Wildman–Crippen LogP) is 0.292. The summed E-state index contributed by atoms with van der Waals surface area (Å²) in [5.74, 6) is -0.450. The van der Waals surface area contributed by atoms with E-state index < -0.39 is 5.54 Å². The van der Waals surface area contributed by atoms with E-state index in [0.29, 0.717) is 0 Å². The van der Waals surface area contributed by atoms with E-state index in [1.807, 2.05) is 6.08 Å². The van der Waals surface area contributed by atoms with Gasteiger partial charge in [0.2, 0.25) is 5.91 Å². The minimum absolute atomic E-state index is 0.0134. The summed E-state index contributed by atoms with van der Waals surface area (Å²) in [7, 11) is 1.53. The molecule has 0 aliphatic heterocycles. The maximum absolute atomic E-state index is 11.3. The molecule has 0 saturated carbocycles. The van der Waals surface area contributed by atoms with E-state index in [-0.39, 0.29) is 24.8 Å². The lowest BCUT2D eigenvalue weighted by molar-refractivity contribution is -0.134. The molecule has 0 aliphatic rings. The predicted molar refractivity (Wildman–Crippen MR) is 70.5 cm³/mol. The van der Waals surface area contributed by atoms with Crippen molar-refractivity contribution < 1.29 is 9.59 Å². The summed E-state index contributed by atoms with van der Waals surface area (Å²) in [5.41, 5.74) is 9.77. The van der Waals surface area contributed by atoms with Gasteiger partial charge in [0.1, 0.15) is 0 Å². The lowest BCUT2D eigenvalue weighted by atomic mass is 10.0. The fourth-order valence-electron chi connectivity index (χ4n) is 0.663. The molecular formula is C12H25N3O2. The maximum Gasteiger partial charge on any atom is 0.236 e. The van der Waals surface area contributed by atoms with E-state index in [0.717, 1.165) is 6.42 Å². The van der Waals surface area contributed by atoms with Gasteiger partial charge in [0.25, 0.3) is 0 Å². The van der Waals surface area contributed by atoms with Gasteiger partial charge in [0.05, 0.1) is 18.6 Å². The van der Waals surface area contributed by atoms with Gasteiger partial charge in [-0.15, -0.1) is 6.58 Å². The van der Waals surface area contributed by atoms with Gasteiger partial charge in [-0.25, -0.2) is 0 Å². The van der Waals surface area contributed by atoms with E-state index in [1.54, 1.807) is 13.8 Å². The van der Waals surface area contributed by atoms with Crippen molar-refractivity contribution in [2.45, 2.75) is 32.7 Å². The molecule has 1 amide bonds. The van der Waals surface area contributed by atoms with Gasteiger partial charge >= 0.3 is 0 Å². The Labute approximate surface area is 104 Å². The Hall–Kier alpha value is -1.20. The van der Waals surface area contributed by atoms with Crippen LogP contribution in [0.4, 0.5) is 0 Å². The SMILES string of the molecule is C=CCC.CN(CC(=O)C(C)(C)N)C(=O)CN. The van der Waals surface area contributed by atoms with Crippen molar-refractivity contribution in [2.24, 2.45) is 11.5 Å². The smallest absolute Gasteiger partial charge is 0.236 e. The summed E-state index contributed by atoms with van der Waals surface area (Å²) in [6.45, 7) is 8.68. The first-order chi connectivity index (χ1) is 7.70. The number of hydrogen-bond donors (Lipinski definition) is 2. The minimum atomic E-state index is -0.900. The van der Waals surface area contributed by atoms with Crippen LogP contribution >= 0.6 is 0 Å². The number of ketones is 1. The van der Waals surface area contributed by atoms with Crippen molar-refractivity contribution in [3.05, 3.63) is 12.7 Å². The molecule has 17 heavy (non-hydrogen) atoms. The topological polar surface area (TPSA) is 89.4 Å². The number of nitrogens with two attached hydrogens (primary N) is 2. The Balaban J connectivity index is 0. The summed E-state index contributed by atoms with van der Waals surface area (Å²) in [5, 5.41) is 0. The first kappa shape index (κ1) is 18.2. The van der Waals surface area contributed by atoms with Crippen molar-refractivity contribution in [3.8, 4) is 0 Å². The van der Waals surface area contributed by atoms with Gasteiger partial charge in [0, 0.05) is 7.05 Å². The van der Waals surface area contributed by atoms with Crippen LogP contribution in [-0.2, 0) is 9.59 Å². The molecule has 0 unspecified atom stereocenters. The highest BCUT2D eigenvalue weighted by molar-refractivity contribution is 5.92. The molecule has 5 heteroatoms. The van der Waals surface area contributed by atoms with Gasteiger partial charge < -0.3 is 16.4 Å². The van der Waals surface area contributed by atoms with Crippen LogP contribution in [0.25, 0.3) is 0 Å². The van der Waals surface area contributed by atoms with Gasteiger partial charge in [-0.05, 0) is 20.3 Å². The van der Waals surface area contributed by atoms with Crippen LogP contribution in [0.5, 0.6) is 0 Å². The zero-order valence-electron chi connectivity index (χ0n) is 11.3. The number of nitrogens with zero attached hydrogens (tertiary/aromatic N) is 1. The van der Waals surface area contributed by atoms with Crippen LogP contribution in [0.15, 0.2) is 12.7 Å². The van der Waals surface area contributed by atoms with Crippen LogP contribution in [-0.4, -0.2) is 42.3 Å². The van der Waals surface area contributed by atoms with Crippen LogP contribution in [0.3, 0.4) is 0 Å². The van der Waals surface area contributed by atoms with Crippen molar-refractivity contribution in [1.82, 2.24) is 4.90 Å². The number of hydrogen-bond acceptors (Lipinski definition) is 4. The summed E-state index contributed by atoms with van der Waals surface area (Å²) in [6.07, 6.45) is 2.96. The Morgan fingerprint density at radius 1 is 1.41 bits per heavy atom. The number of allylic oxidation sites excluding steroid dienone is 1. The van der Waals surface area contributed by atoms with E-state index in [1.165, 1.54) is 11.9 Å². The molecule has 0 aromatic rings. The zero-order valence-corrected chi connectivity index (χ0v) is 11.3. The van der Waals surface area contributed by atoms with Crippen LogP contribution in [0, 0.1) is 0 Å². The lowest BCUT2D eigenvalue weighted by Gasteiger charge is -2.21. The van der Waals surface area contributed by atoms with E-state index in [9.17, 15) is 9.59 Å². The molecule has 0 spiro atoms. The maximum atomic E-state index is 11.3.